The molecular weight excluding hydrogens is 618 g/mol. The van der Waals surface area contributed by atoms with Crippen LogP contribution >= 0.6 is 0 Å². The number of rotatable bonds is 9. The molecule has 0 aromatic carbocycles. The molecule has 1 amide bonds. The van der Waals surface area contributed by atoms with Crippen LogP contribution in [0.1, 0.15) is 133 Å². The predicted octanol–water partition coefficient (Wildman–Crippen LogP) is 7.82. The topological polar surface area (TPSA) is 108 Å². The summed E-state index contributed by atoms with van der Waals surface area (Å²) in [6.45, 7) is 24.0. The van der Waals surface area contributed by atoms with Gasteiger partial charge in [0.1, 0.15) is 18.8 Å². The van der Waals surface area contributed by atoms with Gasteiger partial charge in [0.25, 0.3) is 0 Å². The first-order valence-electron chi connectivity index (χ1n) is 19.2. The number of carbonyl (C=O) groups excluding carboxylic acids is 4. The van der Waals surface area contributed by atoms with Gasteiger partial charge in [0.05, 0.1) is 12.5 Å². The molecule has 0 aliphatic heterocycles. The molecule has 1 N–H and O–H groups in total. The van der Waals surface area contributed by atoms with Crippen molar-refractivity contribution in [3.05, 3.63) is 12.2 Å². The van der Waals surface area contributed by atoms with Gasteiger partial charge in [-0.25, -0.2) is 4.79 Å². The summed E-state index contributed by atoms with van der Waals surface area (Å²) in [6, 6.07) is -0.682. The summed E-state index contributed by atoms with van der Waals surface area (Å²) in [5.74, 6) is 0.675. The highest BCUT2D eigenvalue weighted by molar-refractivity contribution is 5.89. The maximum atomic E-state index is 14.7. The van der Waals surface area contributed by atoms with Crippen molar-refractivity contribution in [3.63, 3.8) is 0 Å². The SMILES string of the molecule is C=C(COC(C)=O)[C@@H]1CC[C@]2(C(=O)N[C@@H](CC(C)C)C(=O)OC)CC[C@]3(C)[C@H](CCC4[C@@]5(C)CCC(OC(C)=O)C(C)(C)[C@@H]5CC[C@]43C)[C@@H]12. The third-order valence-corrected chi connectivity index (χ3v) is 15.6. The van der Waals surface area contributed by atoms with Gasteiger partial charge in [0, 0.05) is 19.3 Å². The Morgan fingerprint density at radius 3 is 2.12 bits per heavy atom. The number of carbonyl (C=O) groups is 4. The zero-order valence-corrected chi connectivity index (χ0v) is 32.2. The fraction of sp³-hybridized carbons (Fsp3) is 0.854. The molecule has 276 valence electrons. The van der Waals surface area contributed by atoms with Crippen LogP contribution in [0.5, 0.6) is 0 Å². The highest BCUT2D eigenvalue weighted by atomic mass is 16.5. The molecule has 0 aromatic rings. The molecule has 5 fully saturated rings. The van der Waals surface area contributed by atoms with Crippen molar-refractivity contribution in [1.29, 1.82) is 0 Å². The van der Waals surface area contributed by atoms with E-state index in [1.807, 2.05) is 0 Å². The third-order valence-electron chi connectivity index (χ3n) is 15.6. The molecule has 5 aliphatic carbocycles. The van der Waals surface area contributed by atoms with Gasteiger partial charge in [-0.3, -0.25) is 14.4 Å². The predicted molar refractivity (Wildman–Crippen MR) is 189 cm³/mol. The van der Waals surface area contributed by atoms with Crippen molar-refractivity contribution in [1.82, 2.24) is 5.32 Å². The fourth-order valence-corrected chi connectivity index (χ4v) is 13.3. The van der Waals surface area contributed by atoms with Gasteiger partial charge in [-0.2, -0.15) is 0 Å². The summed E-state index contributed by atoms with van der Waals surface area (Å²) in [5.41, 5.74) is 0.384. The van der Waals surface area contributed by atoms with Crippen LogP contribution in [0, 0.1) is 62.6 Å². The lowest BCUT2D eigenvalue weighted by molar-refractivity contribution is -0.249. The molecule has 0 heterocycles. The molecule has 0 aromatic heterocycles. The van der Waals surface area contributed by atoms with E-state index in [0.29, 0.717) is 24.2 Å². The number of ether oxygens (including phenoxy) is 3. The van der Waals surface area contributed by atoms with Gasteiger partial charge < -0.3 is 19.5 Å². The maximum Gasteiger partial charge on any atom is 0.328 e. The lowest BCUT2D eigenvalue weighted by Gasteiger charge is -2.72. The van der Waals surface area contributed by atoms with E-state index in [1.54, 1.807) is 0 Å². The number of amides is 1. The molecular formula is C41H65NO7. The average molecular weight is 684 g/mol. The number of nitrogens with one attached hydrogen (secondary N) is 1. The Bertz CT molecular complexity index is 1340. The Hall–Kier alpha value is -2.38. The monoisotopic (exact) mass is 683 g/mol. The number of esters is 3. The highest BCUT2D eigenvalue weighted by Crippen LogP contribution is 2.77. The van der Waals surface area contributed by atoms with Crippen LogP contribution in [-0.2, 0) is 33.4 Å². The fourth-order valence-electron chi connectivity index (χ4n) is 13.3. The van der Waals surface area contributed by atoms with Gasteiger partial charge in [-0.1, -0.05) is 55.0 Å². The second-order valence-electron chi connectivity index (χ2n) is 18.6. The number of fused-ring (bicyclic) bond motifs is 7. The highest BCUT2D eigenvalue weighted by Gasteiger charge is 2.72. The first-order valence-corrected chi connectivity index (χ1v) is 19.2. The number of hydrogen-bond acceptors (Lipinski definition) is 7. The Morgan fingerprint density at radius 1 is 0.816 bits per heavy atom. The molecule has 2 unspecified atom stereocenters. The van der Waals surface area contributed by atoms with E-state index in [4.69, 9.17) is 14.2 Å². The van der Waals surface area contributed by atoms with Crippen LogP contribution in [0.3, 0.4) is 0 Å². The second kappa shape index (κ2) is 13.3. The summed E-state index contributed by atoms with van der Waals surface area (Å²) >= 11 is 0. The van der Waals surface area contributed by atoms with Crippen LogP contribution in [-0.4, -0.2) is 49.7 Å². The number of methoxy groups -OCH3 is 1. The molecule has 5 rings (SSSR count). The summed E-state index contributed by atoms with van der Waals surface area (Å²) < 4.78 is 16.6. The van der Waals surface area contributed by atoms with Crippen molar-refractivity contribution >= 4 is 23.8 Å². The van der Waals surface area contributed by atoms with Crippen molar-refractivity contribution < 1.29 is 33.4 Å². The minimum atomic E-state index is -0.682. The van der Waals surface area contributed by atoms with Crippen molar-refractivity contribution in [3.8, 4) is 0 Å². The zero-order valence-electron chi connectivity index (χ0n) is 32.2. The Kier molecular flexibility index (Phi) is 10.3. The Balaban J connectivity index is 1.51. The summed E-state index contributed by atoms with van der Waals surface area (Å²) in [5, 5.41) is 3.22. The summed E-state index contributed by atoms with van der Waals surface area (Å²) in [7, 11) is 1.39. The van der Waals surface area contributed by atoms with Crippen LogP contribution in [0.15, 0.2) is 12.2 Å². The minimum Gasteiger partial charge on any atom is -0.467 e. The van der Waals surface area contributed by atoms with Gasteiger partial charge in [0.2, 0.25) is 5.91 Å². The average Bonchev–Trinajstić information content (AvgIpc) is 3.41. The van der Waals surface area contributed by atoms with Crippen molar-refractivity contribution in [2.24, 2.45) is 62.6 Å². The molecule has 49 heavy (non-hydrogen) atoms. The Labute approximate surface area is 295 Å². The lowest BCUT2D eigenvalue weighted by atomic mass is 9.32. The summed E-state index contributed by atoms with van der Waals surface area (Å²) in [4.78, 5) is 51.6. The van der Waals surface area contributed by atoms with Crippen LogP contribution in [0.25, 0.3) is 0 Å². The molecule has 11 atom stereocenters. The van der Waals surface area contributed by atoms with Gasteiger partial charge in [0.15, 0.2) is 0 Å². The maximum absolute atomic E-state index is 14.7. The molecule has 8 nitrogen and oxygen atoms in total. The van der Waals surface area contributed by atoms with E-state index in [1.165, 1.54) is 21.0 Å². The smallest absolute Gasteiger partial charge is 0.328 e. The van der Waals surface area contributed by atoms with E-state index in [9.17, 15) is 19.2 Å². The van der Waals surface area contributed by atoms with Gasteiger partial charge >= 0.3 is 17.9 Å². The van der Waals surface area contributed by atoms with Crippen molar-refractivity contribution in [2.45, 2.75) is 145 Å². The van der Waals surface area contributed by atoms with Crippen LogP contribution in [0.4, 0.5) is 0 Å². The van der Waals surface area contributed by atoms with E-state index >= 15 is 0 Å². The first kappa shape index (κ1) is 37.9. The first-order chi connectivity index (χ1) is 22.8. The quantitative estimate of drug-likeness (QED) is 0.150. The normalized spacial score (nSPS) is 41.2. The van der Waals surface area contributed by atoms with E-state index in [0.717, 1.165) is 69.8 Å². The molecule has 8 heteroatoms. The van der Waals surface area contributed by atoms with E-state index < -0.39 is 17.4 Å². The van der Waals surface area contributed by atoms with Crippen LogP contribution < -0.4 is 5.32 Å². The molecule has 0 saturated heterocycles. The van der Waals surface area contributed by atoms with E-state index in [-0.39, 0.29) is 70.0 Å². The number of hydrogen-bond donors (Lipinski definition) is 1. The third kappa shape index (κ3) is 6.07. The summed E-state index contributed by atoms with van der Waals surface area (Å²) in [6.07, 6.45) is 10.1. The molecule has 5 aliphatic rings. The van der Waals surface area contributed by atoms with Gasteiger partial charge in [-0.15, -0.1) is 0 Å². The molecule has 5 saturated carbocycles. The van der Waals surface area contributed by atoms with Gasteiger partial charge in [-0.05, 0) is 128 Å². The molecule has 0 spiro atoms. The lowest BCUT2D eigenvalue weighted by Crippen LogP contribution is -2.67. The van der Waals surface area contributed by atoms with Crippen LogP contribution in [0.2, 0.25) is 0 Å². The minimum absolute atomic E-state index is 0.000788. The largest absolute Gasteiger partial charge is 0.467 e. The Morgan fingerprint density at radius 2 is 1.51 bits per heavy atom. The standard InChI is InChI=1S/C41H65NO7/c1-24(2)22-30(35(45)47-11)42-36(46)41-19-14-28(25(3)23-48-26(4)43)34(41)29-12-13-32-38(8)17-16-33(49-27(5)44)37(6,7)31(38)15-18-40(32,10)39(29,9)20-21-41/h24,28-34H,3,12-23H2,1-2,4-11H3,(H,42,46)/t28-,29+,30-,31-,32?,33?,34+,38-,39+,40+,41-/m0/s1. The zero-order chi connectivity index (χ0) is 36.3. The second-order valence-corrected chi connectivity index (χ2v) is 18.6. The molecule has 0 bridgehead atoms. The van der Waals surface area contributed by atoms with Crippen molar-refractivity contribution in [2.75, 3.05) is 13.7 Å². The molecule has 0 radical (unpaired) electrons. The van der Waals surface area contributed by atoms with E-state index in [2.05, 4.69) is 60.4 Å².